The van der Waals surface area contributed by atoms with Crippen molar-refractivity contribution in [3.8, 4) is 11.1 Å². The van der Waals surface area contributed by atoms with Gasteiger partial charge in [-0.25, -0.2) is 0 Å². The second-order valence-corrected chi connectivity index (χ2v) is 5.67. The number of halogens is 3. The third-order valence-electron chi connectivity index (χ3n) is 2.53. The highest BCUT2D eigenvalue weighted by Crippen LogP contribution is 2.27. The van der Waals surface area contributed by atoms with Crippen LogP contribution in [0.5, 0.6) is 0 Å². The zero-order valence-electron chi connectivity index (χ0n) is 10.1. The fourth-order valence-corrected chi connectivity index (χ4v) is 2.16. The number of alkyl halides is 3. The van der Waals surface area contributed by atoms with E-state index in [1.54, 1.807) is 36.4 Å². The van der Waals surface area contributed by atoms with Gasteiger partial charge in [-0.15, -0.1) is 0 Å². The van der Waals surface area contributed by atoms with Crippen LogP contribution in [0.2, 0.25) is 0 Å². The minimum Gasteiger partial charge on any atom is -0.276 e. The van der Waals surface area contributed by atoms with Gasteiger partial charge in [0.25, 0.3) is 0 Å². The topological polar surface area (TPSA) is 46.2 Å². The molecule has 0 heterocycles. The summed E-state index contributed by atoms with van der Waals surface area (Å²) in [6.45, 7) is 0. The Kier molecular flexibility index (Phi) is 3.71. The summed E-state index contributed by atoms with van der Waals surface area (Å²) in [5.41, 5.74) is -4.08. The monoisotopic (exact) mass is 301 g/mol. The first-order valence-corrected chi connectivity index (χ1v) is 7.02. The molecule has 0 aromatic heterocycles. The summed E-state index contributed by atoms with van der Waals surface area (Å²) in [6.07, 6.45) is 0. The van der Waals surface area contributed by atoms with Crippen LogP contribution in [0.3, 0.4) is 0 Å². The number of hydrogen-bond donors (Lipinski definition) is 1. The number of hydrogen-bond acceptors (Lipinski definition) is 2. The van der Waals surface area contributed by atoms with E-state index in [0.717, 1.165) is 5.56 Å². The lowest BCUT2D eigenvalue weighted by atomic mass is 10.1. The lowest BCUT2D eigenvalue weighted by Crippen LogP contribution is -2.29. The van der Waals surface area contributed by atoms with Gasteiger partial charge in [-0.1, -0.05) is 42.5 Å². The van der Waals surface area contributed by atoms with Crippen LogP contribution in [-0.4, -0.2) is 13.9 Å². The van der Waals surface area contributed by atoms with Crippen molar-refractivity contribution in [1.82, 2.24) is 0 Å². The molecule has 0 radical (unpaired) electrons. The molecule has 0 amide bonds. The molecular weight excluding hydrogens is 291 g/mol. The average Bonchev–Trinajstić information content (AvgIpc) is 2.38. The molecule has 0 aliphatic carbocycles. The summed E-state index contributed by atoms with van der Waals surface area (Å²) >= 11 is 0. The van der Waals surface area contributed by atoms with Crippen LogP contribution in [0, 0.1) is 0 Å². The summed E-state index contributed by atoms with van der Waals surface area (Å²) in [4.78, 5) is 0. The largest absolute Gasteiger partial charge is 0.516 e. The van der Waals surface area contributed by atoms with Crippen molar-refractivity contribution in [3.05, 3.63) is 54.6 Å². The van der Waals surface area contributed by atoms with Crippen molar-refractivity contribution < 1.29 is 21.6 Å². The van der Waals surface area contributed by atoms with Crippen molar-refractivity contribution in [2.24, 2.45) is 0 Å². The number of anilines is 1. The molecule has 3 nitrogen and oxygen atoms in total. The van der Waals surface area contributed by atoms with Crippen molar-refractivity contribution in [2.75, 3.05) is 4.72 Å². The zero-order chi connectivity index (χ0) is 14.8. The first-order chi connectivity index (χ1) is 9.29. The van der Waals surface area contributed by atoms with Gasteiger partial charge in [0.1, 0.15) is 0 Å². The van der Waals surface area contributed by atoms with Crippen LogP contribution in [0.4, 0.5) is 18.9 Å². The molecule has 106 valence electrons. The predicted octanol–water partition coefficient (Wildman–Crippen LogP) is 3.62. The maximum Gasteiger partial charge on any atom is 0.516 e. The molecule has 0 atom stereocenters. The second-order valence-electron chi connectivity index (χ2n) is 4.00. The lowest BCUT2D eigenvalue weighted by Gasteiger charge is -2.11. The van der Waals surface area contributed by atoms with E-state index >= 15 is 0 Å². The summed E-state index contributed by atoms with van der Waals surface area (Å²) in [7, 11) is -5.40. The molecule has 0 aliphatic rings. The van der Waals surface area contributed by atoms with Crippen molar-refractivity contribution in [3.63, 3.8) is 0 Å². The van der Waals surface area contributed by atoms with Crippen molar-refractivity contribution >= 4 is 15.7 Å². The van der Waals surface area contributed by atoms with Gasteiger partial charge in [0.15, 0.2) is 0 Å². The molecular formula is C13H10F3NO2S. The minimum atomic E-state index is -5.40. The molecule has 0 aliphatic heterocycles. The Bertz CT molecular complexity index is 697. The van der Waals surface area contributed by atoms with Gasteiger partial charge >= 0.3 is 15.5 Å². The van der Waals surface area contributed by atoms with Crippen LogP contribution in [0.25, 0.3) is 11.1 Å². The van der Waals surface area contributed by atoms with Crippen molar-refractivity contribution in [1.29, 1.82) is 0 Å². The fourth-order valence-electron chi connectivity index (χ4n) is 1.61. The molecule has 0 bridgehead atoms. The molecule has 2 aromatic carbocycles. The predicted molar refractivity (Wildman–Crippen MR) is 70.5 cm³/mol. The normalized spacial score (nSPS) is 12.2. The van der Waals surface area contributed by atoms with Crippen LogP contribution in [0.15, 0.2) is 54.6 Å². The lowest BCUT2D eigenvalue weighted by molar-refractivity contribution is -0.0429. The van der Waals surface area contributed by atoms with Crippen LogP contribution in [-0.2, 0) is 10.0 Å². The first-order valence-electron chi connectivity index (χ1n) is 5.54. The van der Waals surface area contributed by atoms with Gasteiger partial charge in [-0.3, -0.25) is 4.72 Å². The van der Waals surface area contributed by atoms with Gasteiger partial charge in [0.2, 0.25) is 0 Å². The maximum atomic E-state index is 12.3. The third kappa shape index (κ3) is 3.11. The Morgan fingerprint density at radius 1 is 0.850 bits per heavy atom. The zero-order valence-corrected chi connectivity index (χ0v) is 10.9. The van der Waals surface area contributed by atoms with Gasteiger partial charge in [0, 0.05) is 5.69 Å². The van der Waals surface area contributed by atoms with E-state index in [9.17, 15) is 21.6 Å². The SMILES string of the molecule is O=S(=O)(Nc1cccc(-c2ccccc2)c1)C(F)(F)F. The maximum absolute atomic E-state index is 12.3. The smallest absolute Gasteiger partial charge is 0.276 e. The molecule has 2 aromatic rings. The van der Waals surface area contributed by atoms with Crippen LogP contribution in [0.1, 0.15) is 0 Å². The van der Waals surface area contributed by atoms with E-state index in [0.29, 0.717) is 5.56 Å². The summed E-state index contributed by atoms with van der Waals surface area (Å²) in [6, 6.07) is 14.7. The Morgan fingerprint density at radius 2 is 1.45 bits per heavy atom. The summed E-state index contributed by atoms with van der Waals surface area (Å²) < 4.78 is 60.5. The van der Waals surface area contributed by atoms with Gasteiger partial charge < -0.3 is 0 Å². The quantitative estimate of drug-likeness (QED) is 0.941. The highest BCUT2D eigenvalue weighted by atomic mass is 32.2. The minimum absolute atomic E-state index is 0.135. The Morgan fingerprint density at radius 3 is 2.05 bits per heavy atom. The molecule has 7 heteroatoms. The van der Waals surface area contributed by atoms with Gasteiger partial charge in [-0.05, 0) is 23.3 Å². The van der Waals surface area contributed by atoms with Crippen LogP contribution >= 0.6 is 0 Å². The van der Waals surface area contributed by atoms with Crippen molar-refractivity contribution in [2.45, 2.75) is 5.51 Å². The molecule has 20 heavy (non-hydrogen) atoms. The fraction of sp³-hybridized carbons (Fsp3) is 0.0769. The van der Waals surface area contributed by atoms with E-state index in [4.69, 9.17) is 0 Å². The first kappa shape index (κ1) is 14.4. The number of rotatable bonds is 3. The molecule has 1 N–H and O–H groups in total. The van der Waals surface area contributed by atoms with E-state index in [2.05, 4.69) is 0 Å². The Balaban J connectivity index is 2.33. The number of nitrogens with one attached hydrogen (secondary N) is 1. The Hall–Kier alpha value is -2.02. The van der Waals surface area contributed by atoms with Gasteiger partial charge in [0.05, 0.1) is 0 Å². The molecule has 0 fully saturated rings. The van der Waals surface area contributed by atoms with Crippen LogP contribution < -0.4 is 4.72 Å². The van der Waals surface area contributed by atoms with Gasteiger partial charge in [-0.2, -0.15) is 21.6 Å². The van der Waals surface area contributed by atoms with E-state index < -0.39 is 15.5 Å². The van der Waals surface area contributed by atoms with E-state index in [1.807, 2.05) is 0 Å². The summed E-state index contributed by atoms with van der Waals surface area (Å²) in [5.74, 6) is 0. The standard InChI is InChI=1S/C13H10F3NO2S/c14-13(15,16)20(18,19)17-12-8-4-7-11(9-12)10-5-2-1-3-6-10/h1-9,17H. The molecule has 0 spiro atoms. The number of sulfonamides is 1. The highest BCUT2D eigenvalue weighted by molar-refractivity contribution is 7.93. The molecule has 0 saturated heterocycles. The van der Waals surface area contributed by atoms with E-state index in [1.165, 1.54) is 22.9 Å². The molecule has 0 unspecified atom stereocenters. The highest BCUT2D eigenvalue weighted by Gasteiger charge is 2.46. The Labute approximate surface area is 114 Å². The molecule has 2 rings (SSSR count). The summed E-state index contributed by atoms with van der Waals surface area (Å²) in [5, 5.41) is 0. The third-order valence-corrected chi connectivity index (χ3v) is 3.64. The average molecular weight is 301 g/mol. The number of benzene rings is 2. The second kappa shape index (κ2) is 5.16. The molecule has 0 saturated carbocycles. The van der Waals surface area contributed by atoms with E-state index in [-0.39, 0.29) is 5.69 Å².